The first-order valence-electron chi connectivity index (χ1n) is 5.99. The zero-order valence-corrected chi connectivity index (χ0v) is 9.60. The monoisotopic (exact) mass is 220 g/mol. The number of aliphatic hydroxyl groups excluding tert-OH is 1. The molecule has 3 nitrogen and oxygen atoms in total. The molecule has 88 valence electrons. The molecule has 1 aromatic rings. The molecule has 1 aliphatic heterocycles. The highest BCUT2D eigenvalue weighted by Gasteiger charge is 2.22. The third kappa shape index (κ3) is 2.74. The predicted molar refractivity (Wildman–Crippen MR) is 66.2 cm³/mol. The Bertz CT molecular complexity index is 323. The van der Waals surface area contributed by atoms with Crippen LogP contribution in [0, 0.1) is 0 Å². The Hall–Kier alpha value is -1.06. The van der Waals surface area contributed by atoms with Crippen molar-refractivity contribution in [2.45, 2.75) is 25.3 Å². The first-order chi connectivity index (χ1) is 7.79. The minimum absolute atomic E-state index is 0.293. The van der Waals surface area contributed by atoms with E-state index in [0.717, 1.165) is 31.6 Å². The first kappa shape index (κ1) is 11.4. The Morgan fingerprint density at radius 2 is 2.06 bits per heavy atom. The third-order valence-corrected chi connectivity index (χ3v) is 3.38. The van der Waals surface area contributed by atoms with Crippen molar-refractivity contribution in [1.82, 2.24) is 4.90 Å². The fourth-order valence-corrected chi connectivity index (χ4v) is 2.35. The summed E-state index contributed by atoms with van der Waals surface area (Å²) >= 11 is 0. The molecule has 0 saturated carbocycles. The Morgan fingerprint density at radius 3 is 2.75 bits per heavy atom. The van der Waals surface area contributed by atoms with E-state index in [9.17, 15) is 5.11 Å². The molecule has 2 rings (SSSR count). The molecule has 0 bridgehead atoms. The molecule has 1 saturated heterocycles. The van der Waals surface area contributed by atoms with Crippen molar-refractivity contribution in [2.24, 2.45) is 0 Å². The average molecular weight is 220 g/mol. The normalized spacial score (nSPS) is 21.4. The number of benzene rings is 1. The van der Waals surface area contributed by atoms with Crippen LogP contribution in [-0.4, -0.2) is 35.7 Å². The standard InChI is InChI=1S/C13H20N2O/c14-12-5-3-11(4-6-12)7-9-15-8-1-2-13(15)10-16/h3-6,13,16H,1-2,7-10,14H2. The van der Waals surface area contributed by atoms with Crippen LogP contribution in [0.1, 0.15) is 18.4 Å². The number of anilines is 1. The molecule has 1 aromatic carbocycles. The molecule has 0 aliphatic carbocycles. The van der Waals surface area contributed by atoms with Crippen LogP contribution in [-0.2, 0) is 6.42 Å². The van der Waals surface area contributed by atoms with Crippen molar-refractivity contribution in [2.75, 3.05) is 25.4 Å². The Morgan fingerprint density at radius 1 is 1.31 bits per heavy atom. The van der Waals surface area contributed by atoms with Gasteiger partial charge < -0.3 is 10.8 Å². The number of likely N-dealkylation sites (tertiary alicyclic amines) is 1. The van der Waals surface area contributed by atoms with Crippen LogP contribution in [0.25, 0.3) is 0 Å². The van der Waals surface area contributed by atoms with E-state index in [1.165, 1.54) is 12.0 Å². The smallest absolute Gasteiger partial charge is 0.0586 e. The third-order valence-electron chi connectivity index (χ3n) is 3.38. The van der Waals surface area contributed by atoms with Crippen molar-refractivity contribution >= 4 is 5.69 Å². The minimum Gasteiger partial charge on any atom is -0.399 e. The van der Waals surface area contributed by atoms with Gasteiger partial charge in [-0.05, 0) is 43.5 Å². The van der Waals surface area contributed by atoms with Crippen LogP contribution >= 0.6 is 0 Å². The zero-order valence-electron chi connectivity index (χ0n) is 9.60. The molecule has 1 fully saturated rings. The van der Waals surface area contributed by atoms with E-state index >= 15 is 0 Å². The summed E-state index contributed by atoms with van der Waals surface area (Å²) in [6.45, 7) is 2.46. The molecule has 16 heavy (non-hydrogen) atoms. The van der Waals surface area contributed by atoms with Gasteiger partial charge in [-0.25, -0.2) is 0 Å². The van der Waals surface area contributed by atoms with E-state index in [-0.39, 0.29) is 0 Å². The maximum absolute atomic E-state index is 9.21. The van der Waals surface area contributed by atoms with Crippen LogP contribution in [0.15, 0.2) is 24.3 Å². The topological polar surface area (TPSA) is 49.5 Å². The second-order valence-corrected chi connectivity index (χ2v) is 4.51. The van der Waals surface area contributed by atoms with E-state index in [1.54, 1.807) is 0 Å². The molecule has 3 N–H and O–H groups in total. The first-order valence-corrected chi connectivity index (χ1v) is 5.99. The molecule has 3 heteroatoms. The van der Waals surface area contributed by atoms with Gasteiger partial charge in [0.2, 0.25) is 0 Å². The summed E-state index contributed by atoms with van der Waals surface area (Å²) in [6, 6.07) is 8.44. The Kier molecular flexibility index (Phi) is 3.80. The number of nitrogens with zero attached hydrogens (tertiary/aromatic N) is 1. The molecule has 0 aromatic heterocycles. The Labute approximate surface area is 96.9 Å². The van der Waals surface area contributed by atoms with Gasteiger partial charge >= 0.3 is 0 Å². The van der Waals surface area contributed by atoms with Crippen LogP contribution in [0.2, 0.25) is 0 Å². The van der Waals surface area contributed by atoms with Gasteiger partial charge in [-0.1, -0.05) is 12.1 Å². The van der Waals surface area contributed by atoms with Crippen molar-refractivity contribution in [3.8, 4) is 0 Å². The summed E-state index contributed by atoms with van der Waals surface area (Å²) < 4.78 is 0. The highest BCUT2D eigenvalue weighted by atomic mass is 16.3. The lowest BCUT2D eigenvalue weighted by Gasteiger charge is -2.22. The van der Waals surface area contributed by atoms with Crippen molar-refractivity contribution < 1.29 is 5.11 Å². The largest absolute Gasteiger partial charge is 0.399 e. The molecular formula is C13H20N2O. The van der Waals surface area contributed by atoms with Gasteiger partial charge in [0.05, 0.1) is 6.61 Å². The van der Waals surface area contributed by atoms with Gasteiger partial charge in [0, 0.05) is 18.3 Å². The lowest BCUT2D eigenvalue weighted by atomic mass is 10.1. The van der Waals surface area contributed by atoms with E-state index in [1.807, 2.05) is 12.1 Å². The number of nitrogen functional groups attached to an aromatic ring is 1. The highest BCUT2D eigenvalue weighted by Crippen LogP contribution is 2.17. The summed E-state index contributed by atoms with van der Waals surface area (Å²) in [5, 5.41) is 9.21. The molecule has 1 heterocycles. The SMILES string of the molecule is Nc1ccc(CCN2CCCC2CO)cc1. The number of nitrogens with two attached hydrogens (primary N) is 1. The van der Waals surface area contributed by atoms with Crippen LogP contribution in [0.3, 0.4) is 0 Å². The van der Waals surface area contributed by atoms with Crippen LogP contribution in [0.4, 0.5) is 5.69 Å². The maximum atomic E-state index is 9.21. The van der Waals surface area contributed by atoms with Gasteiger partial charge in [0.1, 0.15) is 0 Å². The van der Waals surface area contributed by atoms with Gasteiger partial charge in [0.15, 0.2) is 0 Å². The number of hydrogen-bond donors (Lipinski definition) is 2. The van der Waals surface area contributed by atoms with Crippen LogP contribution < -0.4 is 5.73 Å². The number of hydrogen-bond acceptors (Lipinski definition) is 3. The summed E-state index contributed by atoms with van der Waals surface area (Å²) in [4.78, 5) is 2.39. The van der Waals surface area contributed by atoms with Gasteiger partial charge in [-0.3, -0.25) is 4.90 Å². The predicted octanol–water partition coefficient (Wildman–Crippen LogP) is 1.27. The molecule has 1 aliphatic rings. The lowest BCUT2D eigenvalue weighted by Crippen LogP contribution is -2.33. The van der Waals surface area contributed by atoms with E-state index in [4.69, 9.17) is 5.73 Å². The summed E-state index contributed by atoms with van der Waals surface area (Å²) in [6.07, 6.45) is 3.39. The summed E-state index contributed by atoms with van der Waals surface area (Å²) in [5.74, 6) is 0. The molecule has 1 unspecified atom stereocenters. The van der Waals surface area contributed by atoms with Gasteiger partial charge in [0.25, 0.3) is 0 Å². The number of rotatable bonds is 4. The maximum Gasteiger partial charge on any atom is 0.0586 e. The Balaban J connectivity index is 1.85. The number of aliphatic hydroxyl groups is 1. The quantitative estimate of drug-likeness (QED) is 0.751. The molecule has 0 amide bonds. The summed E-state index contributed by atoms with van der Waals surface area (Å²) in [7, 11) is 0. The molecular weight excluding hydrogens is 200 g/mol. The van der Waals surface area contributed by atoms with Gasteiger partial charge in [-0.2, -0.15) is 0 Å². The van der Waals surface area contributed by atoms with Crippen molar-refractivity contribution in [1.29, 1.82) is 0 Å². The fraction of sp³-hybridized carbons (Fsp3) is 0.538. The van der Waals surface area contributed by atoms with Crippen molar-refractivity contribution in [3.63, 3.8) is 0 Å². The average Bonchev–Trinajstić information content (AvgIpc) is 2.76. The molecule has 1 atom stereocenters. The van der Waals surface area contributed by atoms with Crippen molar-refractivity contribution in [3.05, 3.63) is 29.8 Å². The van der Waals surface area contributed by atoms with E-state index in [2.05, 4.69) is 17.0 Å². The second kappa shape index (κ2) is 5.32. The van der Waals surface area contributed by atoms with Crippen LogP contribution in [0.5, 0.6) is 0 Å². The second-order valence-electron chi connectivity index (χ2n) is 4.51. The molecule has 0 radical (unpaired) electrons. The van der Waals surface area contributed by atoms with E-state index < -0.39 is 0 Å². The van der Waals surface area contributed by atoms with E-state index in [0.29, 0.717) is 12.6 Å². The highest BCUT2D eigenvalue weighted by molar-refractivity contribution is 5.39. The fourth-order valence-electron chi connectivity index (χ4n) is 2.35. The minimum atomic E-state index is 0.293. The summed E-state index contributed by atoms with van der Waals surface area (Å²) in [5.41, 5.74) is 7.78. The lowest BCUT2D eigenvalue weighted by molar-refractivity contribution is 0.160. The molecule has 0 spiro atoms. The zero-order chi connectivity index (χ0) is 11.4. The van der Waals surface area contributed by atoms with Gasteiger partial charge in [-0.15, -0.1) is 0 Å².